The van der Waals surface area contributed by atoms with E-state index < -0.39 is 18.3 Å². The fourth-order valence-corrected chi connectivity index (χ4v) is 2.73. The molecule has 1 aliphatic heterocycles. The number of alkyl halides is 3. The van der Waals surface area contributed by atoms with E-state index in [2.05, 4.69) is 0 Å². The number of carbonyl (C=O) groups excluding carboxylic acids is 1. The van der Waals surface area contributed by atoms with Gasteiger partial charge < -0.3 is 10.6 Å². The maximum absolute atomic E-state index is 12.7. The molecule has 1 aliphatic rings. The van der Waals surface area contributed by atoms with Crippen molar-refractivity contribution in [3.05, 3.63) is 35.9 Å². The molecule has 1 fully saturated rings. The summed E-state index contributed by atoms with van der Waals surface area (Å²) in [6, 6.07) is 7.29. The zero-order valence-corrected chi connectivity index (χ0v) is 13.1. The van der Waals surface area contributed by atoms with Gasteiger partial charge in [0.25, 0.3) is 0 Å². The first-order valence-corrected chi connectivity index (χ1v) is 7.68. The molecular formula is C16H22F3N3O. The summed E-state index contributed by atoms with van der Waals surface area (Å²) in [5.41, 5.74) is 6.93. The number of carbonyl (C=O) groups is 1. The molecule has 1 amide bonds. The molecule has 2 rings (SSSR count). The van der Waals surface area contributed by atoms with Crippen LogP contribution in [-0.2, 0) is 11.2 Å². The number of benzene rings is 1. The van der Waals surface area contributed by atoms with E-state index in [-0.39, 0.29) is 32.1 Å². The smallest absolute Gasteiger partial charge is 0.339 e. The highest BCUT2D eigenvalue weighted by Crippen LogP contribution is 2.25. The van der Waals surface area contributed by atoms with Crippen molar-refractivity contribution in [2.75, 3.05) is 26.2 Å². The highest BCUT2D eigenvalue weighted by molar-refractivity contribution is 5.82. The van der Waals surface area contributed by atoms with Gasteiger partial charge in [-0.15, -0.1) is 0 Å². The highest BCUT2D eigenvalue weighted by atomic mass is 19.4. The van der Waals surface area contributed by atoms with Gasteiger partial charge >= 0.3 is 6.18 Å². The van der Waals surface area contributed by atoms with Gasteiger partial charge in [0, 0.05) is 26.2 Å². The lowest BCUT2D eigenvalue weighted by molar-refractivity contribution is -0.183. The first-order valence-electron chi connectivity index (χ1n) is 7.68. The summed E-state index contributed by atoms with van der Waals surface area (Å²) >= 11 is 0. The van der Waals surface area contributed by atoms with Crippen LogP contribution in [0, 0.1) is 0 Å². The quantitative estimate of drug-likeness (QED) is 0.914. The van der Waals surface area contributed by atoms with Crippen LogP contribution in [0.2, 0.25) is 0 Å². The monoisotopic (exact) mass is 329 g/mol. The van der Waals surface area contributed by atoms with Gasteiger partial charge in [-0.25, -0.2) is 0 Å². The SMILES string of the molecule is CC(N1CCN(C(=O)C(N)Cc2ccccc2)CC1)C(F)(F)F. The lowest BCUT2D eigenvalue weighted by Gasteiger charge is -2.39. The number of hydrogen-bond donors (Lipinski definition) is 1. The number of hydrogen-bond acceptors (Lipinski definition) is 3. The van der Waals surface area contributed by atoms with Crippen molar-refractivity contribution >= 4 is 5.91 Å². The fraction of sp³-hybridized carbons (Fsp3) is 0.562. The molecule has 2 atom stereocenters. The van der Waals surface area contributed by atoms with Gasteiger partial charge in [0.05, 0.1) is 6.04 Å². The van der Waals surface area contributed by atoms with E-state index in [1.807, 2.05) is 30.3 Å². The van der Waals surface area contributed by atoms with Crippen molar-refractivity contribution in [2.24, 2.45) is 5.73 Å². The van der Waals surface area contributed by atoms with Crippen LogP contribution in [0.25, 0.3) is 0 Å². The number of amides is 1. The van der Waals surface area contributed by atoms with Gasteiger partial charge in [-0.2, -0.15) is 13.2 Å². The molecule has 0 bridgehead atoms. The Morgan fingerprint density at radius 2 is 1.74 bits per heavy atom. The molecule has 7 heteroatoms. The molecule has 1 saturated heterocycles. The molecule has 23 heavy (non-hydrogen) atoms. The first-order chi connectivity index (χ1) is 10.8. The van der Waals surface area contributed by atoms with Crippen LogP contribution < -0.4 is 5.73 Å². The second kappa shape index (κ2) is 7.31. The van der Waals surface area contributed by atoms with Crippen LogP contribution in [0.4, 0.5) is 13.2 Å². The number of piperazine rings is 1. The van der Waals surface area contributed by atoms with Gasteiger partial charge in [0.1, 0.15) is 6.04 Å². The number of rotatable bonds is 4. The second-order valence-corrected chi connectivity index (χ2v) is 5.88. The Kier molecular flexibility index (Phi) is 5.64. The minimum absolute atomic E-state index is 0.201. The molecule has 0 saturated carbocycles. The predicted molar refractivity (Wildman–Crippen MR) is 81.8 cm³/mol. The minimum atomic E-state index is -4.24. The van der Waals surface area contributed by atoms with E-state index in [1.54, 1.807) is 4.90 Å². The van der Waals surface area contributed by atoms with E-state index in [1.165, 1.54) is 4.90 Å². The lowest BCUT2D eigenvalue weighted by Crippen LogP contribution is -2.57. The third kappa shape index (κ3) is 4.68. The van der Waals surface area contributed by atoms with E-state index in [0.717, 1.165) is 12.5 Å². The Morgan fingerprint density at radius 3 is 2.26 bits per heavy atom. The summed E-state index contributed by atoms with van der Waals surface area (Å²) in [5.74, 6) is -0.201. The Hall–Kier alpha value is -1.60. The Bertz CT molecular complexity index is 513. The molecule has 2 N–H and O–H groups in total. The maximum Gasteiger partial charge on any atom is 0.403 e. The molecular weight excluding hydrogens is 307 g/mol. The Balaban J connectivity index is 1.86. The summed E-state index contributed by atoms with van der Waals surface area (Å²) in [5, 5.41) is 0. The minimum Gasteiger partial charge on any atom is -0.339 e. The zero-order valence-electron chi connectivity index (χ0n) is 13.1. The molecule has 128 valence electrons. The van der Waals surface area contributed by atoms with Crippen molar-refractivity contribution in [1.82, 2.24) is 9.80 Å². The lowest BCUT2D eigenvalue weighted by atomic mass is 10.1. The Morgan fingerprint density at radius 1 is 1.17 bits per heavy atom. The van der Waals surface area contributed by atoms with Crippen LogP contribution in [0.1, 0.15) is 12.5 Å². The molecule has 4 nitrogen and oxygen atoms in total. The van der Waals surface area contributed by atoms with E-state index in [4.69, 9.17) is 5.73 Å². The molecule has 1 aromatic carbocycles. The average Bonchev–Trinajstić information content (AvgIpc) is 2.53. The van der Waals surface area contributed by atoms with Gasteiger partial charge in [0.15, 0.2) is 0 Å². The first kappa shape index (κ1) is 17.7. The van der Waals surface area contributed by atoms with Gasteiger partial charge in [-0.05, 0) is 18.9 Å². The molecule has 0 radical (unpaired) electrons. The molecule has 2 unspecified atom stereocenters. The average molecular weight is 329 g/mol. The van der Waals surface area contributed by atoms with Crippen molar-refractivity contribution in [1.29, 1.82) is 0 Å². The topological polar surface area (TPSA) is 49.6 Å². The third-order valence-electron chi connectivity index (χ3n) is 4.26. The Labute approximate surface area is 134 Å². The van der Waals surface area contributed by atoms with Crippen molar-refractivity contribution in [3.8, 4) is 0 Å². The maximum atomic E-state index is 12.7. The number of nitrogens with zero attached hydrogens (tertiary/aromatic N) is 2. The number of halogens is 3. The molecule has 0 aromatic heterocycles. The second-order valence-electron chi connectivity index (χ2n) is 5.88. The summed E-state index contributed by atoms with van der Waals surface area (Å²) < 4.78 is 38.2. The van der Waals surface area contributed by atoms with Crippen molar-refractivity contribution < 1.29 is 18.0 Å². The molecule has 1 aromatic rings. The van der Waals surface area contributed by atoms with Crippen LogP contribution in [0.5, 0.6) is 0 Å². The van der Waals surface area contributed by atoms with Crippen molar-refractivity contribution in [3.63, 3.8) is 0 Å². The van der Waals surface area contributed by atoms with Crippen LogP contribution in [0.15, 0.2) is 30.3 Å². The van der Waals surface area contributed by atoms with E-state index >= 15 is 0 Å². The summed E-state index contributed by atoms with van der Waals surface area (Å²) in [4.78, 5) is 15.3. The number of nitrogens with two attached hydrogens (primary N) is 1. The largest absolute Gasteiger partial charge is 0.403 e. The van der Waals surface area contributed by atoms with Crippen LogP contribution in [0.3, 0.4) is 0 Å². The van der Waals surface area contributed by atoms with Crippen LogP contribution in [-0.4, -0.2) is 60.1 Å². The van der Waals surface area contributed by atoms with Crippen LogP contribution >= 0.6 is 0 Å². The van der Waals surface area contributed by atoms with Gasteiger partial charge in [-0.3, -0.25) is 9.69 Å². The van der Waals surface area contributed by atoms with Gasteiger partial charge in [-0.1, -0.05) is 30.3 Å². The van der Waals surface area contributed by atoms with Crippen molar-refractivity contribution in [2.45, 2.75) is 31.6 Å². The zero-order chi connectivity index (χ0) is 17.0. The predicted octanol–water partition coefficient (Wildman–Crippen LogP) is 1.65. The summed E-state index contributed by atoms with van der Waals surface area (Å²) in [6.07, 6.45) is -3.81. The van der Waals surface area contributed by atoms with E-state index in [9.17, 15) is 18.0 Å². The molecule has 0 aliphatic carbocycles. The standard InChI is InChI=1S/C16H22F3N3O/c1-12(16(17,18)19)21-7-9-22(10-8-21)15(23)14(20)11-13-5-3-2-4-6-13/h2-6,12,14H,7-11,20H2,1H3. The molecule has 0 spiro atoms. The van der Waals surface area contributed by atoms with E-state index in [0.29, 0.717) is 6.42 Å². The molecule has 1 heterocycles. The normalized spacial score (nSPS) is 19.4. The summed E-state index contributed by atoms with van der Waals surface area (Å²) in [7, 11) is 0. The fourth-order valence-electron chi connectivity index (χ4n) is 2.73. The summed E-state index contributed by atoms with van der Waals surface area (Å²) in [6.45, 7) is 2.14. The van der Waals surface area contributed by atoms with Gasteiger partial charge in [0.2, 0.25) is 5.91 Å². The highest BCUT2D eigenvalue weighted by Gasteiger charge is 2.41. The third-order valence-corrected chi connectivity index (χ3v) is 4.26.